The molecule has 3 aromatic rings. The number of halogens is 1. The molecule has 1 fully saturated rings. The summed E-state index contributed by atoms with van der Waals surface area (Å²) in [7, 11) is 2.03. The summed E-state index contributed by atoms with van der Waals surface area (Å²) in [5.74, 6) is 1.10. The van der Waals surface area contributed by atoms with Crippen molar-refractivity contribution in [1.29, 1.82) is 0 Å². The van der Waals surface area contributed by atoms with E-state index >= 15 is 0 Å². The van der Waals surface area contributed by atoms with E-state index in [0.717, 1.165) is 37.2 Å². The van der Waals surface area contributed by atoms with Crippen LogP contribution in [0.25, 0.3) is 11.4 Å². The number of carbonyl (C=O) groups is 1. The molecular weight excluding hydrogens is 426 g/mol. The number of anilines is 1. The summed E-state index contributed by atoms with van der Waals surface area (Å²) in [4.78, 5) is 21.6. The highest BCUT2D eigenvalue weighted by molar-refractivity contribution is 6.33. The topological polar surface area (TPSA) is 74.5 Å². The number of para-hydroxylation sites is 1. The zero-order valence-electron chi connectivity index (χ0n) is 18.2. The zero-order valence-corrected chi connectivity index (χ0v) is 19.0. The van der Waals surface area contributed by atoms with Crippen LogP contribution in [0, 0.1) is 5.92 Å². The zero-order chi connectivity index (χ0) is 22.3. The monoisotopic (exact) mass is 453 g/mol. The lowest BCUT2D eigenvalue weighted by Crippen LogP contribution is -2.44. The first-order valence-electron chi connectivity index (χ1n) is 10.9. The number of aromatic nitrogens is 2. The summed E-state index contributed by atoms with van der Waals surface area (Å²) < 4.78 is 5.44. The van der Waals surface area contributed by atoms with Gasteiger partial charge in [-0.1, -0.05) is 47.1 Å². The third-order valence-corrected chi connectivity index (χ3v) is 6.09. The summed E-state index contributed by atoms with van der Waals surface area (Å²) in [6.45, 7) is 3.50. The SMILES string of the molecule is CN(CCNC(=O)C1CCCN(Cc2nc(-c3ccccc3Cl)no2)C1)c1ccccc1. The molecular formula is C24H28ClN5O2. The molecule has 4 rings (SSSR count). The lowest BCUT2D eigenvalue weighted by molar-refractivity contribution is -0.126. The second kappa shape index (κ2) is 10.6. The molecule has 2 heterocycles. The normalized spacial score (nSPS) is 16.6. The molecule has 0 aliphatic carbocycles. The molecule has 1 aliphatic heterocycles. The van der Waals surface area contributed by atoms with Crippen LogP contribution in [0.15, 0.2) is 59.1 Å². The van der Waals surface area contributed by atoms with E-state index in [1.807, 2.05) is 43.4 Å². The fourth-order valence-electron chi connectivity index (χ4n) is 3.98. The quantitative estimate of drug-likeness (QED) is 0.558. The van der Waals surface area contributed by atoms with E-state index in [9.17, 15) is 4.79 Å². The van der Waals surface area contributed by atoms with E-state index in [2.05, 4.69) is 37.4 Å². The lowest BCUT2D eigenvalue weighted by Gasteiger charge is -2.31. The van der Waals surface area contributed by atoms with Crippen LogP contribution in [0.4, 0.5) is 5.69 Å². The number of carbonyl (C=O) groups excluding carboxylic acids is 1. The highest BCUT2D eigenvalue weighted by Gasteiger charge is 2.27. The van der Waals surface area contributed by atoms with Crippen LogP contribution in [0.5, 0.6) is 0 Å². The number of piperidine rings is 1. The van der Waals surface area contributed by atoms with E-state index in [1.165, 1.54) is 0 Å². The smallest absolute Gasteiger partial charge is 0.241 e. The molecule has 1 saturated heterocycles. The van der Waals surface area contributed by atoms with E-state index in [4.69, 9.17) is 16.1 Å². The Bertz CT molecular complexity index is 1030. The van der Waals surface area contributed by atoms with Gasteiger partial charge in [-0.2, -0.15) is 4.98 Å². The van der Waals surface area contributed by atoms with Gasteiger partial charge in [-0.25, -0.2) is 0 Å². The number of amides is 1. The molecule has 1 unspecified atom stereocenters. The molecule has 0 radical (unpaired) electrons. The summed E-state index contributed by atoms with van der Waals surface area (Å²) in [5, 5.41) is 7.75. The predicted octanol–water partition coefficient (Wildman–Crippen LogP) is 3.85. The van der Waals surface area contributed by atoms with Gasteiger partial charge in [-0.3, -0.25) is 9.69 Å². The van der Waals surface area contributed by atoms with Crippen molar-refractivity contribution >= 4 is 23.2 Å². The second-order valence-electron chi connectivity index (χ2n) is 8.11. The summed E-state index contributed by atoms with van der Waals surface area (Å²) >= 11 is 6.23. The Balaban J connectivity index is 1.26. The van der Waals surface area contributed by atoms with Gasteiger partial charge in [0.15, 0.2) is 0 Å². The standard InChI is InChI=1S/C24H28ClN5O2/c1-29(19-9-3-2-4-10-19)15-13-26-24(31)18-8-7-14-30(16-18)17-22-27-23(28-32-22)20-11-5-6-12-21(20)25/h2-6,9-12,18H,7-8,13-17H2,1H3,(H,26,31). The minimum absolute atomic E-state index is 0.0308. The van der Waals surface area contributed by atoms with E-state index in [0.29, 0.717) is 36.4 Å². The highest BCUT2D eigenvalue weighted by Crippen LogP contribution is 2.25. The number of likely N-dealkylation sites (N-methyl/N-ethyl adjacent to an activating group) is 1. The summed E-state index contributed by atoms with van der Waals surface area (Å²) in [6, 6.07) is 17.6. The first kappa shape index (κ1) is 22.3. The van der Waals surface area contributed by atoms with Crippen molar-refractivity contribution < 1.29 is 9.32 Å². The molecule has 2 aromatic carbocycles. The number of rotatable bonds is 8. The summed E-state index contributed by atoms with van der Waals surface area (Å²) in [6.07, 6.45) is 1.86. The van der Waals surface area contributed by atoms with Crippen molar-refractivity contribution in [2.24, 2.45) is 5.92 Å². The van der Waals surface area contributed by atoms with Gasteiger partial charge in [0, 0.05) is 37.9 Å². The first-order valence-corrected chi connectivity index (χ1v) is 11.3. The van der Waals surface area contributed by atoms with Crippen LogP contribution in [-0.2, 0) is 11.3 Å². The van der Waals surface area contributed by atoms with Crippen molar-refractivity contribution in [3.63, 3.8) is 0 Å². The molecule has 7 nitrogen and oxygen atoms in total. The van der Waals surface area contributed by atoms with Crippen LogP contribution < -0.4 is 10.2 Å². The molecule has 8 heteroatoms. The molecule has 0 saturated carbocycles. The van der Waals surface area contributed by atoms with E-state index < -0.39 is 0 Å². The number of hydrogen-bond donors (Lipinski definition) is 1. The third kappa shape index (κ3) is 5.66. The Labute approximate surface area is 193 Å². The second-order valence-corrected chi connectivity index (χ2v) is 8.52. The maximum Gasteiger partial charge on any atom is 0.241 e. The first-order chi connectivity index (χ1) is 15.6. The Morgan fingerprint density at radius 3 is 2.81 bits per heavy atom. The Hall–Kier alpha value is -2.90. The Morgan fingerprint density at radius 1 is 1.22 bits per heavy atom. The number of likely N-dealkylation sites (tertiary alicyclic amines) is 1. The van der Waals surface area contributed by atoms with Crippen LogP contribution in [0.1, 0.15) is 18.7 Å². The number of benzene rings is 2. The van der Waals surface area contributed by atoms with E-state index in [1.54, 1.807) is 6.07 Å². The molecule has 1 N–H and O–H groups in total. The predicted molar refractivity (Wildman–Crippen MR) is 125 cm³/mol. The van der Waals surface area contributed by atoms with Crippen molar-refractivity contribution in [1.82, 2.24) is 20.4 Å². The number of nitrogens with one attached hydrogen (secondary N) is 1. The van der Waals surface area contributed by atoms with E-state index in [-0.39, 0.29) is 11.8 Å². The van der Waals surface area contributed by atoms with Crippen molar-refractivity contribution in [2.45, 2.75) is 19.4 Å². The lowest BCUT2D eigenvalue weighted by atomic mass is 9.97. The van der Waals surface area contributed by atoms with Crippen molar-refractivity contribution in [2.75, 3.05) is 38.1 Å². The Morgan fingerprint density at radius 2 is 2.00 bits per heavy atom. The van der Waals surface area contributed by atoms with Gasteiger partial charge in [0.2, 0.25) is 17.6 Å². The van der Waals surface area contributed by atoms with Gasteiger partial charge in [-0.15, -0.1) is 0 Å². The minimum atomic E-state index is -0.0308. The van der Waals surface area contributed by atoms with Crippen molar-refractivity contribution in [3.05, 3.63) is 65.5 Å². The number of hydrogen-bond acceptors (Lipinski definition) is 6. The fraction of sp³-hybridized carbons (Fsp3) is 0.375. The molecule has 0 bridgehead atoms. The molecule has 1 aromatic heterocycles. The minimum Gasteiger partial charge on any atom is -0.373 e. The molecule has 1 aliphatic rings. The maximum atomic E-state index is 12.7. The maximum absolute atomic E-state index is 12.7. The average molecular weight is 454 g/mol. The fourth-order valence-corrected chi connectivity index (χ4v) is 4.20. The van der Waals surface area contributed by atoms with Crippen LogP contribution in [-0.4, -0.2) is 54.2 Å². The molecule has 0 spiro atoms. The third-order valence-electron chi connectivity index (χ3n) is 5.76. The van der Waals surface area contributed by atoms with Crippen LogP contribution in [0.2, 0.25) is 5.02 Å². The van der Waals surface area contributed by atoms with Gasteiger partial charge >= 0.3 is 0 Å². The Kier molecular flexibility index (Phi) is 7.39. The van der Waals surface area contributed by atoms with Gasteiger partial charge in [0.05, 0.1) is 17.5 Å². The molecule has 32 heavy (non-hydrogen) atoms. The van der Waals surface area contributed by atoms with Gasteiger partial charge < -0.3 is 14.7 Å². The van der Waals surface area contributed by atoms with Gasteiger partial charge in [-0.05, 0) is 43.7 Å². The largest absolute Gasteiger partial charge is 0.373 e. The van der Waals surface area contributed by atoms with Crippen LogP contribution in [0.3, 0.4) is 0 Å². The van der Waals surface area contributed by atoms with Crippen LogP contribution >= 0.6 is 11.6 Å². The van der Waals surface area contributed by atoms with Gasteiger partial charge in [0.1, 0.15) is 0 Å². The molecule has 1 amide bonds. The van der Waals surface area contributed by atoms with Gasteiger partial charge in [0.25, 0.3) is 0 Å². The highest BCUT2D eigenvalue weighted by atomic mass is 35.5. The molecule has 1 atom stereocenters. The van der Waals surface area contributed by atoms with Crippen molar-refractivity contribution in [3.8, 4) is 11.4 Å². The summed E-state index contributed by atoms with van der Waals surface area (Å²) in [5.41, 5.74) is 1.89. The average Bonchev–Trinajstić information content (AvgIpc) is 3.28. The number of nitrogens with zero attached hydrogens (tertiary/aromatic N) is 4. The molecule has 168 valence electrons.